The van der Waals surface area contributed by atoms with Crippen molar-refractivity contribution in [2.75, 3.05) is 7.11 Å². The van der Waals surface area contributed by atoms with Crippen molar-refractivity contribution in [3.63, 3.8) is 0 Å². The highest BCUT2D eigenvalue weighted by Gasteiger charge is 2.18. The Hall–Kier alpha value is -2.55. The predicted octanol–water partition coefficient (Wildman–Crippen LogP) is 4.18. The Bertz CT molecular complexity index is 1110. The Morgan fingerprint density at radius 1 is 1.07 bits per heavy atom. The number of halogens is 2. The third-order valence-corrected chi connectivity index (χ3v) is 5.11. The number of thiol groups is 1. The minimum absolute atomic E-state index is 0.410. The molecule has 0 aliphatic rings. The number of hydrogen-bond acceptors (Lipinski definition) is 6. The first-order valence-electron chi connectivity index (χ1n) is 8.19. The molecule has 0 saturated carbocycles. The molecule has 142 valence electrons. The van der Waals surface area contributed by atoms with Crippen molar-refractivity contribution in [3.8, 4) is 22.8 Å². The van der Waals surface area contributed by atoms with Crippen LogP contribution in [0.15, 0.2) is 53.7 Å². The lowest BCUT2D eigenvalue weighted by Gasteiger charge is -2.08. The molecule has 28 heavy (non-hydrogen) atoms. The summed E-state index contributed by atoms with van der Waals surface area (Å²) < 4.78 is 6.71. The zero-order valence-electron chi connectivity index (χ0n) is 14.6. The Morgan fingerprint density at radius 2 is 1.79 bits per heavy atom. The molecule has 2 heterocycles. The average Bonchev–Trinajstić information content (AvgIpc) is 3.29. The minimum atomic E-state index is 0.410. The highest BCUT2D eigenvalue weighted by atomic mass is 35.5. The number of tetrazole rings is 1. The van der Waals surface area contributed by atoms with Gasteiger partial charge >= 0.3 is 0 Å². The smallest absolute Gasteiger partial charge is 0.209 e. The molecule has 0 unspecified atom stereocenters. The minimum Gasteiger partial charge on any atom is -0.497 e. The maximum Gasteiger partial charge on any atom is 0.209 e. The van der Waals surface area contributed by atoms with Crippen molar-refractivity contribution in [2.24, 2.45) is 0 Å². The van der Waals surface area contributed by atoms with Gasteiger partial charge in [-0.1, -0.05) is 41.4 Å². The SMILES string of the molecule is COc1ccc(Cn2nnc(-c3cnn(-c4c(Cl)cccc4Cl)c3S)n2)cc1. The van der Waals surface area contributed by atoms with Crippen molar-refractivity contribution in [1.29, 1.82) is 0 Å². The molecule has 2 aromatic carbocycles. The molecule has 0 N–H and O–H groups in total. The second-order valence-electron chi connectivity index (χ2n) is 5.86. The number of aromatic nitrogens is 6. The van der Waals surface area contributed by atoms with Gasteiger partial charge in [0.2, 0.25) is 5.82 Å². The van der Waals surface area contributed by atoms with E-state index in [2.05, 4.69) is 33.1 Å². The fourth-order valence-corrected chi connectivity index (χ4v) is 3.53. The first-order chi connectivity index (χ1) is 13.6. The van der Waals surface area contributed by atoms with Crippen molar-refractivity contribution < 1.29 is 4.74 Å². The van der Waals surface area contributed by atoms with Crippen LogP contribution in [-0.4, -0.2) is 37.1 Å². The third-order valence-electron chi connectivity index (χ3n) is 4.07. The number of ether oxygens (including phenoxy) is 1. The average molecular weight is 433 g/mol. The van der Waals surface area contributed by atoms with Gasteiger partial charge in [0.25, 0.3) is 0 Å². The Morgan fingerprint density at radius 3 is 2.46 bits per heavy atom. The number of nitrogens with zero attached hydrogens (tertiary/aromatic N) is 6. The van der Waals surface area contributed by atoms with Crippen LogP contribution in [0.5, 0.6) is 5.75 Å². The lowest BCUT2D eigenvalue weighted by Crippen LogP contribution is -2.04. The summed E-state index contributed by atoms with van der Waals surface area (Å²) in [5.41, 5.74) is 2.20. The molecule has 0 radical (unpaired) electrons. The molecule has 0 bridgehead atoms. The number of hydrogen-bond donors (Lipinski definition) is 1. The van der Waals surface area contributed by atoms with Gasteiger partial charge in [0.15, 0.2) is 0 Å². The number of para-hydroxylation sites is 1. The van der Waals surface area contributed by atoms with Crippen LogP contribution in [0.4, 0.5) is 0 Å². The summed E-state index contributed by atoms with van der Waals surface area (Å²) in [4.78, 5) is 1.50. The van der Waals surface area contributed by atoms with E-state index in [0.717, 1.165) is 11.3 Å². The first kappa shape index (κ1) is 18.8. The Kier molecular flexibility index (Phi) is 5.25. The molecule has 7 nitrogen and oxygen atoms in total. The van der Waals surface area contributed by atoms with E-state index in [0.29, 0.717) is 38.7 Å². The lowest BCUT2D eigenvalue weighted by molar-refractivity contribution is 0.414. The molecule has 0 spiro atoms. The largest absolute Gasteiger partial charge is 0.497 e. The summed E-state index contributed by atoms with van der Waals surface area (Å²) in [6.07, 6.45) is 1.61. The van der Waals surface area contributed by atoms with Crippen LogP contribution in [0.1, 0.15) is 5.56 Å². The van der Waals surface area contributed by atoms with E-state index in [4.69, 9.17) is 27.9 Å². The van der Waals surface area contributed by atoms with E-state index in [1.54, 1.807) is 36.2 Å². The van der Waals surface area contributed by atoms with Crippen LogP contribution < -0.4 is 4.74 Å². The molecule has 0 aliphatic heterocycles. The highest BCUT2D eigenvalue weighted by Crippen LogP contribution is 2.33. The quantitative estimate of drug-likeness (QED) is 0.479. The maximum absolute atomic E-state index is 6.27. The van der Waals surface area contributed by atoms with E-state index in [1.807, 2.05) is 24.3 Å². The topological polar surface area (TPSA) is 70.7 Å². The van der Waals surface area contributed by atoms with Crippen molar-refractivity contribution in [1.82, 2.24) is 30.0 Å². The number of methoxy groups -OCH3 is 1. The summed E-state index contributed by atoms with van der Waals surface area (Å²) >= 11 is 17.1. The van der Waals surface area contributed by atoms with Crippen LogP contribution >= 0.6 is 35.8 Å². The van der Waals surface area contributed by atoms with Gasteiger partial charge in [-0.2, -0.15) is 9.90 Å². The Balaban J connectivity index is 1.61. The third kappa shape index (κ3) is 3.58. The molecule has 0 aliphatic carbocycles. The van der Waals surface area contributed by atoms with Gasteiger partial charge in [-0.05, 0) is 35.0 Å². The lowest BCUT2D eigenvalue weighted by atomic mass is 10.2. The highest BCUT2D eigenvalue weighted by molar-refractivity contribution is 7.80. The van der Waals surface area contributed by atoms with E-state index >= 15 is 0 Å². The molecular formula is C18H14Cl2N6OS. The molecule has 4 rings (SSSR count). The van der Waals surface area contributed by atoms with E-state index in [9.17, 15) is 0 Å². The summed E-state index contributed by atoms with van der Waals surface area (Å²) in [5.74, 6) is 1.20. The fourth-order valence-electron chi connectivity index (χ4n) is 2.67. The second kappa shape index (κ2) is 7.83. The molecule has 0 atom stereocenters. The first-order valence-corrected chi connectivity index (χ1v) is 9.39. The maximum atomic E-state index is 6.27. The van der Waals surface area contributed by atoms with Crippen LogP contribution in [-0.2, 0) is 6.54 Å². The monoisotopic (exact) mass is 432 g/mol. The standard InChI is InChI=1S/C18H14Cl2N6OS/c1-27-12-7-5-11(6-8-12)10-25-23-17(22-24-25)13-9-21-26(18(13)28)16-14(19)3-2-4-15(16)20/h2-9,28H,10H2,1H3. The van der Waals surface area contributed by atoms with Gasteiger partial charge in [0.1, 0.15) is 16.5 Å². The van der Waals surface area contributed by atoms with E-state index < -0.39 is 0 Å². The normalized spacial score (nSPS) is 11.0. The molecule has 2 aromatic heterocycles. The van der Waals surface area contributed by atoms with Crippen LogP contribution in [0.3, 0.4) is 0 Å². The van der Waals surface area contributed by atoms with Crippen LogP contribution in [0.2, 0.25) is 10.0 Å². The predicted molar refractivity (Wildman–Crippen MR) is 110 cm³/mol. The van der Waals surface area contributed by atoms with Gasteiger partial charge in [-0.15, -0.1) is 22.8 Å². The van der Waals surface area contributed by atoms with Crippen LogP contribution in [0.25, 0.3) is 17.1 Å². The van der Waals surface area contributed by atoms with E-state index in [1.165, 1.54) is 4.80 Å². The summed E-state index contributed by atoms with van der Waals surface area (Å²) in [6.45, 7) is 0.476. The molecule has 10 heteroatoms. The van der Waals surface area contributed by atoms with Crippen molar-refractivity contribution in [2.45, 2.75) is 11.6 Å². The molecule has 4 aromatic rings. The van der Waals surface area contributed by atoms with Crippen LogP contribution in [0, 0.1) is 0 Å². The van der Waals surface area contributed by atoms with Crippen molar-refractivity contribution in [3.05, 3.63) is 64.3 Å². The van der Waals surface area contributed by atoms with Gasteiger partial charge in [-0.25, -0.2) is 4.68 Å². The molecule has 0 fully saturated rings. The summed E-state index contributed by atoms with van der Waals surface area (Å²) in [6, 6.07) is 12.9. The summed E-state index contributed by atoms with van der Waals surface area (Å²) in [7, 11) is 1.63. The van der Waals surface area contributed by atoms with Gasteiger partial charge in [0, 0.05) is 0 Å². The number of benzene rings is 2. The molecule has 0 saturated heterocycles. The van der Waals surface area contributed by atoms with Gasteiger partial charge in [-0.3, -0.25) is 0 Å². The van der Waals surface area contributed by atoms with Gasteiger partial charge < -0.3 is 4.74 Å². The fraction of sp³-hybridized carbons (Fsp3) is 0.111. The van der Waals surface area contributed by atoms with Gasteiger partial charge in [0.05, 0.1) is 35.5 Å². The zero-order valence-corrected chi connectivity index (χ0v) is 17.0. The summed E-state index contributed by atoms with van der Waals surface area (Å²) in [5, 5.41) is 18.4. The van der Waals surface area contributed by atoms with E-state index in [-0.39, 0.29) is 0 Å². The Labute approximate surface area is 176 Å². The van der Waals surface area contributed by atoms with Crippen molar-refractivity contribution >= 4 is 35.8 Å². The zero-order chi connectivity index (χ0) is 19.7. The molecule has 0 amide bonds. The number of rotatable bonds is 5. The second-order valence-corrected chi connectivity index (χ2v) is 7.09. The molecular weight excluding hydrogens is 419 g/mol.